The third-order valence-corrected chi connectivity index (χ3v) is 5.94. The van der Waals surface area contributed by atoms with E-state index in [0.717, 1.165) is 30.5 Å². The van der Waals surface area contributed by atoms with Crippen LogP contribution in [-0.2, 0) is 0 Å². The minimum Gasteiger partial charge on any atom is -0.507 e. The zero-order valence-electron chi connectivity index (χ0n) is 16.4. The minimum absolute atomic E-state index is 0.0336. The topological polar surface area (TPSA) is 61.3 Å². The van der Waals surface area contributed by atoms with Gasteiger partial charge >= 0.3 is 0 Å². The number of phenols is 1. The second-order valence-corrected chi connectivity index (χ2v) is 8.19. The molecule has 0 amide bonds. The number of rotatable bonds is 3. The molecule has 2 fully saturated rings. The molecule has 3 atom stereocenters. The van der Waals surface area contributed by atoms with Crippen molar-refractivity contribution in [2.24, 2.45) is 5.92 Å². The van der Waals surface area contributed by atoms with E-state index in [1.807, 2.05) is 24.8 Å². The monoisotopic (exact) mass is 388 g/mol. The van der Waals surface area contributed by atoms with E-state index in [1.165, 1.54) is 6.07 Å². The van der Waals surface area contributed by atoms with E-state index in [1.54, 1.807) is 6.07 Å². The molecule has 1 aromatic carbocycles. The summed E-state index contributed by atoms with van der Waals surface area (Å²) >= 11 is 0. The van der Waals surface area contributed by atoms with Gasteiger partial charge < -0.3 is 15.3 Å². The molecule has 0 saturated carbocycles. The van der Waals surface area contributed by atoms with Gasteiger partial charge in [0, 0.05) is 24.2 Å². The second-order valence-electron chi connectivity index (χ2n) is 8.19. The molecule has 2 N–H and O–H groups in total. The number of aromatic hydroxyl groups is 1. The van der Waals surface area contributed by atoms with Gasteiger partial charge in [-0.15, -0.1) is 10.2 Å². The number of aromatic nitrogens is 2. The fraction of sp³-hybridized carbons (Fsp3) is 0.524. The third-order valence-electron chi connectivity index (χ3n) is 5.94. The maximum atomic E-state index is 14.0. The number of alkyl halides is 2. The smallest absolute Gasteiger partial charge is 0.267 e. The van der Waals surface area contributed by atoms with E-state index >= 15 is 0 Å². The largest absolute Gasteiger partial charge is 0.507 e. The first-order valence-corrected chi connectivity index (χ1v) is 9.81. The molecule has 2 aromatic rings. The highest BCUT2D eigenvalue weighted by atomic mass is 19.3. The van der Waals surface area contributed by atoms with Crippen molar-refractivity contribution < 1.29 is 13.9 Å². The number of hydrogen-bond donors (Lipinski definition) is 2. The molecular formula is C21H26F2N4O. The Labute approximate surface area is 163 Å². The first-order valence-electron chi connectivity index (χ1n) is 9.81. The fourth-order valence-electron chi connectivity index (χ4n) is 4.68. The molecule has 7 heteroatoms. The van der Waals surface area contributed by atoms with Crippen molar-refractivity contribution in [2.75, 3.05) is 18.0 Å². The molecule has 0 aliphatic carbocycles. The van der Waals surface area contributed by atoms with Gasteiger partial charge in [0.2, 0.25) is 0 Å². The molecule has 3 heterocycles. The summed E-state index contributed by atoms with van der Waals surface area (Å²) in [5.74, 6) is 0.800. The van der Waals surface area contributed by atoms with Gasteiger partial charge in [0.1, 0.15) is 5.75 Å². The van der Waals surface area contributed by atoms with E-state index in [4.69, 9.17) is 0 Å². The van der Waals surface area contributed by atoms with Gasteiger partial charge in [0.25, 0.3) is 6.43 Å². The lowest BCUT2D eigenvalue weighted by molar-refractivity contribution is 0.151. The van der Waals surface area contributed by atoms with Gasteiger partial charge in [-0.1, -0.05) is 13.0 Å². The molecule has 0 bridgehead atoms. The number of nitrogens with zero attached hydrogens (tertiary/aromatic N) is 3. The van der Waals surface area contributed by atoms with E-state index in [2.05, 4.69) is 22.4 Å². The van der Waals surface area contributed by atoms with Gasteiger partial charge in [-0.3, -0.25) is 0 Å². The van der Waals surface area contributed by atoms with Crippen LogP contribution in [0.3, 0.4) is 0 Å². The van der Waals surface area contributed by atoms with Gasteiger partial charge in [-0.05, 0) is 62.4 Å². The average Bonchev–Trinajstić information content (AvgIpc) is 3.03. The average molecular weight is 388 g/mol. The minimum atomic E-state index is -2.66. The summed E-state index contributed by atoms with van der Waals surface area (Å²) in [5.41, 5.74) is 2.30. The highest BCUT2D eigenvalue weighted by Gasteiger charge is 2.40. The van der Waals surface area contributed by atoms with E-state index < -0.39 is 6.43 Å². The number of nitrogens with one attached hydrogen (secondary N) is 1. The van der Waals surface area contributed by atoms with Crippen molar-refractivity contribution in [2.45, 2.75) is 52.1 Å². The van der Waals surface area contributed by atoms with Crippen LogP contribution < -0.4 is 10.2 Å². The quantitative estimate of drug-likeness (QED) is 0.833. The number of aryl methyl sites for hydroxylation is 2. The number of benzene rings is 1. The van der Waals surface area contributed by atoms with Crippen molar-refractivity contribution in [1.29, 1.82) is 0 Å². The summed E-state index contributed by atoms with van der Waals surface area (Å²) in [5, 5.41) is 22.3. The van der Waals surface area contributed by atoms with Crippen molar-refractivity contribution in [3.05, 3.63) is 34.9 Å². The number of halogens is 2. The molecule has 150 valence electrons. The van der Waals surface area contributed by atoms with Crippen LogP contribution in [0.5, 0.6) is 5.75 Å². The van der Waals surface area contributed by atoms with Crippen LogP contribution >= 0.6 is 0 Å². The number of fused-ring (bicyclic) bond motifs is 1. The zero-order valence-corrected chi connectivity index (χ0v) is 16.4. The SMILES string of the molecule is Cc1cc(C)c(-c2cc(C(F)F)c(N3CC[C@@H]4NCC(C)C[C@H]43)nn2)c(O)c1. The molecule has 28 heavy (non-hydrogen) atoms. The molecule has 2 aliphatic heterocycles. The maximum absolute atomic E-state index is 14.0. The number of phenolic OH excluding ortho intramolecular Hbond substituents is 1. The summed E-state index contributed by atoms with van der Waals surface area (Å²) in [6, 6.07) is 5.37. The Morgan fingerprint density at radius 1 is 1.21 bits per heavy atom. The molecule has 2 aliphatic rings. The summed E-state index contributed by atoms with van der Waals surface area (Å²) < 4.78 is 27.9. The molecule has 1 aromatic heterocycles. The van der Waals surface area contributed by atoms with Crippen LogP contribution in [0, 0.1) is 19.8 Å². The Kier molecular flexibility index (Phi) is 4.95. The maximum Gasteiger partial charge on any atom is 0.267 e. The van der Waals surface area contributed by atoms with Gasteiger partial charge in [0.05, 0.1) is 11.3 Å². The van der Waals surface area contributed by atoms with E-state index in [9.17, 15) is 13.9 Å². The van der Waals surface area contributed by atoms with Crippen LogP contribution in [-0.4, -0.2) is 40.5 Å². The fourth-order valence-corrected chi connectivity index (χ4v) is 4.68. The second kappa shape index (κ2) is 7.28. The van der Waals surface area contributed by atoms with Gasteiger partial charge in [-0.25, -0.2) is 8.78 Å². The van der Waals surface area contributed by atoms with Crippen molar-refractivity contribution >= 4 is 5.82 Å². The van der Waals surface area contributed by atoms with Crippen LogP contribution in [0.15, 0.2) is 18.2 Å². The Bertz CT molecular complexity index is 866. The predicted molar refractivity (Wildman–Crippen MR) is 105 cm³/mol. The van der Waals surface area contributed by atoms with Crippen LogP contribution in [0.25, 0.3) is 11.3 Å². The molecular weight excluding hydrogens is 362 g/mol. The Morgan fingerprint density at radius 2 is 2.00 bits per heavy atom. The standard InChI is InChI=1S/C21H26F2N4O/c1-11-6-13(3)19(18(28)8-11)16-9-14(20(22)23)21(26-25-16)27-5-4-15-17(27)7-12(2)10-24-15/h6,8-9,12,15,17,20,24,28H,4-5,7,10H2,1-3H3/t12?,15-,17+/m0/s1. The molecule has 5 nitrogen and oxygen atoms in total. The summed E-state index contributed by atoms with van der Waals surface area (Å²) in [6.45, 7) is 7.54. The first kappa shape index (κ1) is 19.1. The Hall–Kier alpha value is -2.28. The molecule has 0 spiro atoms. The molecule has 0 radical (unpaired) electrons. The van der Waals surface area contributed by atoms with Gasteiger partial charge in [-0.2, -0.15) is 0 Å². The molecule has 1 unspecified atom stereocenters. The highest BCUT2D eigenvalue weighted by Crippen LogP contribution is 2.39. The van der Waals surface area contributed by atoms with Crippen molar-refractivity contribution in [3.63, 3.8) is 0 Å². The van der Waals surface area contributed by atoms with Crippen molar-refractivity contribution in [3.8, 4) is 17.0 Å². The zero-order chi connectivity index (χ0) is 20.0. The number of anilines is 1. The number of hydrogen-bond acceptors (Lipinski definition) is 5. The van der Waals surface area contributed by atoms with E-state index in [-0.39, 0.29) is 28.9 Å². The van der Waals surface area contributed by atoms with E-state index in [0.29, 0.717) is 24.1 Å². The van der Waals surface area contributed by atoms with Gasteiger partial charge in [0.15, 0.2) is 5.82 Å². The van der Waals surface area contributed by atoms with Crippen molar-refractivity contribution in [1.82, 2.24) is 15.5 Å². The highest BCUT2D eigenvalue weighted by molar-refractivity contribution is 5.72. The Balaban J connectivity index is 1.75. The first-order chi connectivity index (χ1) is 13.3. The number of piperidine rings is 1. The summed E-state index contributed by atoms with van der Waals surface area (Å²) in [7, 11) is 0. The molecule has 4 rings (SSSR count). The summed E-state index contributed by atoms with van der Waals surface area (Å²) in [6.07, 6.45) is -0.784. The third kappa shape index (κ3) is 3.32. The Morgan fingerprint density at radius 3 is 2.71 bits per heavy atom. The molecule has 2 saturated heterocycles. The lowest BCUT2D eigenvalue weighted by Crippen LogP contribution is -2.50. The van der Waals surface area contributed by atoms with Crippen LogP contribution in [0.2, 0.25) is 0 Å². The van der Waals surface area contributed by atoms with Crippen LogP contribution in [0.4, 0.5) is 14.6 Å². The normalized spacial score (nSPS) is 24.6. The lowest BCUT2D eigenvalue weighted by Gasteiger charge is -2.36. The predicted octanol–water partition coefficient (Wildman–Crippen LogP) is 3.98. The van der Waals surface area contributed by atoms with Crippen LogP contribution in [0.1, 0.15) is 42.9 Å². The summed E-state index contributed by atoms with van der Waals surface area (Å²) in [4.78, 5) is 1.99. The lowest BCUT2D eigenvalue weighted by atomic mass is 9.92.